The van der Waals surface area contributed by atoms with Gasteiger partial charge in [0.15, 0.2) is 0 Å². The average Bonchev–Trinajstić information content (AvgIpc) is 3.33. The molecule has 1 aliphatic heterocycles. The summed E-state index contributed by atoms with van der Waals surface area (Å²) in [7, 11) is 1.75. The Bertz CT molecular complexity index is 1220. The summed E-state index contributed by atoms with van der Waals surface area (Å²) in [4.78, 5) is 18.0. The summed E-state index contributed by atoms with van der Waals surface area (Å²) in [5.41, 5.74) is 4.15. The fourth-order valence-electron chi connectivity index (χ4n) is 4.34. The van der Waals surface area contributed by atoms with Crippen LogP contribution in [0.3, 0.4) is 0 Å². The molecule has 3 aromatic rings. The first-order valence-corrected chi connectivity index (χ1v) is 11.1. The van der Waals surface area contributed by atoms with Gasteiger partial charge < -0.3 is 9.88 Å². The summed E-state index contributed by atoms with van der Waals surface area (Å²) in [6.07, 6.45) is 3.50. The Morgan fingerprint density at radius 2 is 1.97 bits per heavy atom. The Morgan fingerprint density at radius 1 is 1.22 bits per heavy atom. The van der Waals surface area contributed by atoms with Crippen molar-refractivity contribution < 1.29 is 4.39 Å². The van der Waals surface area contributed by atoms with E-state index in [1.165, 1.54) is 17.7 Å². The van der Waals surface area contributed by atoms with Crippen LogP contribution in [0, 0.1) is 23.1 Å². The van der Waals surface area contributed by atoms with E-state index in [-0.39, 0.29) is 11.1 Å². The summed E-state index contributed by atoms with van der Waals surface area (Å²) in [6.45, 7) is 4.07. The van der Waals surface area contributed by atoms with Crippen LogP contribution >= 0.6 is 0 Å². The maximum absolute atomic E-state index is 14.5. The smallest absolute Gasteiger partial charge is 0.272 e. The lowest BCUT2D eigenvalue weighted by molar-refractivity contribution is 0.526. The lowest BCUT2D eigenvalue weighted by Crippen LogP contribution is -2.26. The number of hydrogen-bond donors (Lipinski definition) is 1. The molecule has 1 fully saturated rings. The minimum Gasteiger partial charge on any atom is -0.316 e. The van der Waals surface area contributed by atoms with E-state index in [9.17, 15) is 9.18 Å². The van der Waals surface area contributed by atoms with Crippen LogP contribution in [0.1, 0.15) is 36.6 Å². The molecule has 1 saturated heterocycles. The molecule has 1 aromatic heterocycles. The SMILES string of the molecule is CCc1ccc(-c2c(-c3ccc(C#N)c(F)c3)nc(CC[C@H]3CCNC3)c(=O)n2C)cc1. The molecule has 1 atom stereocenters. The first-order valence-electron chi connectivity index (χ1n) is 11.1. The van der Waals surface area contributed by atoms with Crippen LogP contribution in [0.15, 0.2) is 47.3 Å². The van der Waals surface area contributed by atoms with E-state index < -0.39 is 5.82 Å². The molecule has 0 radical (unpaired) electrons. The molecule has 6 heteroatoms. The van der Waals surface area contributed by atoms with Crippen molar-refractivity contribution in [2.45, 2.75) is 32.6 Å². The Kier molecular flexibility index (Phi) is 6.48. The Balaban J connectivity index is 1.85. The highest BCUT2D eigenvalue weighted by Gasteiger charge is 2.21. The largest absolute Gasteiger partial charge is 0.316 e. The van der Waals surface area contributed by atoms with Gasteiger partial charge in [-0.05, 0) is 62.4 Å². The first kappa shape index (κ1) is 21.9. The van der Waals surface area contributed by atoms with Crippen molar-refractivity contribution in [3.05, 3.63) is 75.5 Å². The summed E-state index contributed by atoms with van der Waals surface area (Å²) >= 11 is 0. The Hall–Kier alpha value is -3.30. The lowest BCUT2D eigenvalue weighted by atomic mass is 9.99. The van der Waals surface area contributed by atoms with Crippen molar-refractivity contribution in [1.29, 1.82) is 5.26 Å². The second-order valence-electron chi connectivity index (χ2n) is 8.37. The average molecular weight is 431 g/mol. The molecule has 4 rings (SSSR count). The van der Waals surface area contributed by atoms with Gasteiger partial charge in [-0.2, -0.15) is 5.26 Å². The second kappa shape index (κ2) is 9.46. The predicted octanol–water partition coefficient (Wildman–Crippen LogP) is 4.23. The summed E-state index contributed by atoms with van der Waals surface area (Å²) < 4.78 is 16.1. The van der Waals surface area contributed by atoms with Gasteiger partial charge in [0.1, 0.15) is 17.6 Å². The van der Waals surface area contributed by atoms with Gasteiger partial charge in [0.25, 0.3) is 5.56 Å². The van der Waals surface area contributed by atoms with Crippen LogP contribution in [0.4, 0.5) is 4.39 Å². The van der Waals surface area contributed by atoms with E-state index in [4.69, 9.17) is 10.2 Å². The highest BCUT2D eigenvalue weighted by molar-refractivity contribution is 5.78. The quantitative estimate of drug-likeness (QED) is 0.635. The second-order valence-corrected chi connectivity index (χ2v) is 8.37. The fraction of sp³-hybridized carbons (Fsp3) is 0.346. The third-order valence-corrected chi connectivity index (χ3v) is 6.31. The third kappa shape index (κ3) is 4.35. The van der Waals surface area contributed by atoms with Crippen molar-refractivity contribution in [2.24, 2.45) is 13.0 Å². The van der Waals surface area contributed by atoms with E-state index in [0.29, 0.717) is 35.0 Å². The van der Waals surface area contributed by atoms with E-state index in [2.05, 4.69) is 12.2 Å². The monoisotopic (exact) mass is 430 g/mol. The minimum atomic E-state index is -0.591. The van der Waals surface area contributed by atoms with Crippen LogP contribution in [-0.4, -0.2) is 22.6 Å². The first-order chi connectivity index (χ1) is 15.5. The summed E-state index contributed by atoms with van der Waals surface area (Å²) in [5.74, 6) is -0.0508. The lowest BCUT2D eigenvalue weighted by Gasteiger charge is -2.17. The third-order valence-electron chi connectivity index (χ3n) is 6.31. The van der Waals surface area contributed by atoms with Crippen LogP contribution in [-0.2, 0) is 19.9 Å². The number of aryl methyl sites for hydroxylation is 2. The van der Waals surface area contributed by atoms with Crippen LogP contribution in [0.2, 0.25) is 0 Å². The molecular formula is C26H27FN4O. The van der Waals surface area contributed by atoms with E-state index >= 15 is 0 Å². The van der Waals surface area contributed by atoms with Gasteiger partial charge in [-0.1, -0.05) is 37.3 Å². The number of rotatable bonds is 6. The standard InChI is InChI=1S/C26H27FN4O/c1-3-17-4-7-19(8-5-17)25-24(20-9-10-21(15-28)22(27)14-20)30-23(26(32)31(25)2)11-6-18-12-13-29-16-18/h4-5,7-10,14,18,29H,3,6,11-13,16H2,1-2H3/t18-/m0/s1. The maximum atomic E-state index is 14.5. The van der Waals surface area contributed by atoms with Gasteiger partial charge in [0, 0.05) is 18.2 Å². The minimum absolute atomic E-state index is 0.0126. The number of benzene rings is 2. The highest BCUT2D eigenvalue weighted by Crippen LogP contribution is 2.31. The molecule has 0 unspecified atom stereocenters. The zero-order chi connectivity index (χ0) is 22.7. The molecule has 0 saturated carbocycles. The van der Waals surface area contributed by atoms with E-state index in [1.54, 1.807) is 17.7 Å². The maximum Gasteiger partial charge on any atom is 0.272 e. The molecule has 1 N–H and O–H groups in total. The molecule has 32 heavy (non-hydrogen) atoms. The number of halogens is 1. The van der Waals surface area contributed by atoms with Crippen LogP contribution in [0.25, 0.3) is 22.5 Å². The molecule has 2 aromatic carbocycles. The van der Waals surface area contributed by atoms with Crippen LogP contribution < -0.4 is 10.9 Å². The number of nitrogens with zero attached hydrogens (tertiary/aromatic N) is 3. The van der Waals surface area contributed by atoms with Gasteiger partial charge >= 0.3 is 0 Å². The van der Waals surface area contributed by atoms with Crippen molar-refractivity contribution >= 4 is 0 Å². The Morgan fingerprint density at radius 3 is 2.59 bits per heavy atom. The van der Waals surface area contributed by atoms with Gasteiger partial charge in [-0.15, -0.1) is 0 Å². The van der Waals surface area contributed by atoms with Crippen LogP contribution in [0.5, 0.6) is 0 Å². The molecule has 5 nitrogen and oxygen atoms in total. The molecule has 0 spiro atoms. The zero-order valence-electron chi connectivity index (χ0n) is 18.5. The van der Waals surface area contributed by atoms with Gasteiger partial charge in [0.2, 0.25) is 0 Å². The van der Waals surface area contributed by atoms with Crippen molar-refractivity contribution in [2.75, 3.05) is 13.1 Å². The van der Waals surface area contributed by atoms with Gasteiger partial charge in [-0.25, -0.2) is 9.37 Å². The molecule has 0 aliphatic carbocycles. The molecule has 0 bridgehead atoms. The number of hydrogen-bond acceptors (Lipinski definition) is 4. The normalized spacial score (nSPS) is 15.6. The fourth-order valence-corrected chi connectivity index (χ4v) is 4.34. The van der Waals surface area contributed by atoms with E-state index in [0.717, 1.165) is 37.9 Å². The van der Waals surface area contributed by atoms with Crippen molar-refractivity contribution in [1.82, 2.24) is 14.9 Å². The predicted molar refractivity (Wildman–Crippen MR) is 124 cm³/mol. The molecule has 164 valence electrons. The summed E-state index contributed by atoms with van der Waals surface area (Å²) in [6, 6.07) is 14.4. The number of nitrogens with one attached hydrogen (secondary N) is 1. The van der Waals surface area contributed by atoms with Crippen molar-refractivity contribution in [3.8, 4) is 28.6 Å². The molecule has 0 amide bonds. The van der Waals surface area contributed by atoms with Gasteiger partial charge in [0.05, 0.1) is 17.0 Å². The number of nitriles is 1. The van der Waals surface area contributed by atoms with E-state index in [1.807, 2.05) is 30.3 Å². The highest BCUT2D eigenvalue weighted by atomic mass is 19.1. The number of aromatic nitrogens is 2. The summed E-state index contributed by atoms with van der Waals surface area (Å²) in [5, 5.41) is 12.5. The Labute approximate surface area is 187 Å². The molecular weight excluding hydrogens is 403 g/mol. The topological polar surface area (TPSA) is 70.7 Å². The molecule has 1 aliphatic rings. The zero-order valence-corrected chi connectivity index (χ0v) is 18.5. The van der Waals surface area contributed by atoms with Gasteiger partial charge in [-0.3, -0.25) is 4.79 Å². The van der Waals surface area contributed by atoms with Crippen molar-refractivity contribution in [3.63, 3.8) is 0 Å². The molecule has 2 heterocycles.